The number of aromatic nitrogens is 2. The van der Waals surface area contributed by atoms with E-state index in [1.54, 1.807) is 12.4 Å². The fourth-order valence-corrected chi connectivity index (χ4v) is 4.61. The van der Waals surface area contributed by atoms with Crippen LogP contribution in [0.1, 0.15) is 42.1 Å². The molecule has 0 radical (unpaired) electrons. The molecule has 1 aromatic carbocycles. The third kappa shape index (κ3) is 5.84. The molecule has 2 aromatic rings. The van der Waals surface area contributed by atoms with Crippen LogP contribution in [-0.2, 0) is 0 Å². The lowest BCUT2D eigenvalue weighted by molar-refractivity contribution is 0.0926. The van der Waals surface area contributed by atoms with Crippen molar-refractivity contribution in [1.29, 1.82) is 0 Å². The Bertz CT molecular complexity index is 883. The van der Waals surface area contributed by atoms with E-state index in [2.05, 4.69) is 31.6 Å². The van der Waals surface area contributed by atoms with Crippen molar-refractivity contribution in [3.63, 3.8) is 0 Å². The number of aryl methyl sites for hydroxylation is 1. The number of anilines is 1. The third-order valence-electron chi connectivity index (χ3n) is 6.61. The highest BCUT2D eigenvalue weighted by Gasteiger charge is 2.22. The summed E-state index contributed by atoms with van der Waals surface area (Å²) in [5, 5.41) is 0. The first kappa shape index (κ1) is 22.7. The molecule has 3 heterocycles. The van der Waals surface area contributed by atoms with E-state index in [1.807, 2.05) is 31.2 Å². The number of ether oxygens (including phenoxy) is 1. The fraction of sp³-hybridized carbons (Fsp3) is 0.560. The topological polar surface area (TPSA) is 61.8 Å². The standard InChI is InChI=1S/C25H35N5O2/c1-20-18-22(7-8-24(20)32-17-5-12-29-11-3-6-21(29)2)23(31)19-28-13-15-30(16-14-28)25-26-9-4-10-27-25/h4,7-10,18,21H,3,5-6,11-17,19H2,1-2H3/t21-/m1/s1. The number of piperazine rings is 1. The first-order valence-electron chi connectivity index (χ1n) is 11.8. The van der Waals surface area contributed by atoms with Crippen LogP contribution in [0, 0.1) is 6.92 Å². The Balaban J connectivity index is 1.21. The van der Waals surface area contributed by atoms with E-state index in [0.717, 1.165) is 62.0 Å². The molecule has 2 saturated heterocycles. The summed E-state index contributed by atoms with van der Waals surface area (Å²) in [6, 6.07) is 8.35. The number of ketones is 1. The van der Waals surface area contributed by atoms with Crippen LogP contribution in [0.3, 0.4) is 0 Å². The summed E-state index contributed by atoms with van der Waals surface area (Å²) in [6.07, 6.45) is 7.19. The quantitative estimate of drug-likeness (QED) is 0.441. The van der Waals surface area contributed by atoms with Gasteiger partial charge in [-0.05, 0) is 69.5 Å². The average Bonchev–Trinajstić information content (AvgIpc) is 3.23. The molecule has 2 fully saturated rings. The van der Waals surface area contributed by atoms with Gasteiger partial charge in [0.1, 0.15) is 5.75 Å². The van der Waals surface area contributed by atoms with Crippen molar-refractivity contribution >= 4 is 11.7 Å². The summed E-state index contributed by atoms with van der Waals surface area (Å²) in [6.45, 7) is 11.1. The number of hydrogen-bond donors (Lipinski definition) is 0. The SMILES string of the molecule is Cc1cc(C(=O)CN2CCN(c3ncccn3)CC2)ccc1OCCCN1CCC[C@H]1C. The van der Waals surface area contributed by atoms with Crippen molar-refractivity contribution in [2.45, 2.75) is 39.2 Å². The number of rotatable bonds is 9. The predicted molar refractivity (Wildman–Crippen MR) is 127 cm³/mol. The maximum atomic E-state index is 12.8. The van der Waals surface area contributed by atoms with Gasteiger partial charge in [-0.2, -0.15) is 0 Å². The van der Waals surface area contributed by atoms with Crippen molar-refractivity contribution in [1.82, 2.24) is 19.8 Å². The minimum Gasteiger partial charge on any atom is -0.493 e. The number of nitrogens with zero attached hydrogens (tertiary/aromatic N) is 5. The number of likely N-dealkylation sites (tertiary alicyclic amines) is 1. The van der Waals surface area contributed by atoms with Crippen molar-refractivity contribution in [3.05, 3.63) is 47.8 Å². The molecule has 0 aliphatic carbocycles. The van der Waals surface area contributed by atoms with E-state index in [-0.39, 0.29) is 5.78 Å². The molecule has 0 saturated carbocycles. The molecule has 1 atom stereocenters. The second-order valence-corrected chi connectivity index (χ2v) is 8.94. The van der Waals surface area contributed by atoms with Crippen LogP contribution >= 0.6 is 0 Å². The highest BCUT2D eigenvalue weighted by atomic mass is 16.5. The number of benzene rings is 1. The van der Waals surface area contributed by atoms with Gasteiger partial charge in [0.15, 0.2) is 5.78 Å². The highest BCUT2D eigenvalue weighted by molar-refractivity contribution is 5.98. The van der Waals surface area contributed by atoms with Gasteiger partial charge in [0, 0.05) is 56.7 Å². The lowest BCUT2D eigenvalue weighted by Gasteiger charge is -2.34. The number of carbonyl (C=O) groups excluding carboxylic acids is 1. The summed E-state index contributed by atoms with van der Waals surface area (Å²) in [5.41, 5.74) is 1.78. The summed E-state index contributed by atoms with van der Waals surface area (Å²) in [5.74, 6) is 1.80. The van der Waals surface area contributed by atoms with Crippen LogP contribution in [0.25, 0.3) is 0 Å². The van der Waals surface area contributed by atoms with Crippen LogP contribution in [0.15, 0.2) is 36.7 Å². The Morgan fingerprint density at radius 1 is 1.12 bits per heavy atom. The van der Waals surface area contributed by atoms with Crippen LogP contribution in [-0.4, -0.2) is 84.0 Å². The monoisotopic (exact) mass is 437 g/mol. The van der Waals surface area contributed by atoms with Gasteiger partial charge >= 0.3 is 0 Å². The van der Waals surface area contributed by atoms with Gasteiger partial charge in [-0.15, -0.1) is 0 Å². The van der Waals surface area contributed by atoms with E-state index in [9.17, 15) is 4.79 Å². The molecule has 0 unspecified atom stereocenters. The van der Waals surface area contributed by atoms with Gasteiger partial charge in [-0.1, -0.05) is 0 Å². The van der Waals surface area contributed by atoms with Gasteiger partial charge < -0.3 is 14.5 Å². The van der Waals surface area contributed by atoms with Crippen molar-refractivity contribution in [2.75, 3.05) is 57.3 Å². The van der Waals surface area contributed by atoms with Gasteiger partial charge in [-0.3, -0.25) is 9.69 Å². The minimum atomic E-state index is 0.159. The molecular formula is C25H35N5O2. The minimum absolute atomic E-state index is 0.159. The van der Waals surface area contributed by atoms with Crippen LogP contribution in [0.5, 0.6) is 5.75 Å². The maximum absolute atomic E-state index is 12.8. The Morgan fingerprint density at radius 3 is 2.59 bits per heavy atom. The van der Waals surface area contributed by atoms with Gasteiger partial charge in [0.2, 0.25) is 5.95 Å². The van der Waals surface area contributed by atoms with E-state index in [4.69, 9.17) is 4.74 Å². The fourth-order valence-electron chi connectivity index (χ4n) is 4.61. The van der Waals surface area contributed by atoms with Gasteiger partial charge in [-0.25, -0.2) is 9.97 Å². The zero-order valence-corrected chi connectivity index (χ0v) is 19.4. The Morgan fingerprint density at radius 2 is 1.91 bits per heavy atom. The molecule has 172 valence electrons. The molecule has 7 heteroatoms. The molecule has 2 aliphatic rings. The highest BCUT2D eigenvalue weighted by Crippen LogP contribution is 2.21. The zero-order chi connectivity index (χ0) is 22.3. The average molecular weight is 438 g/mol. The molecule has 0 bridgehead atoms. The molecular weight excluding hydrogens is 402 g/mol. The normalized spacial score (nSPS) is 19.9. The summed E-state index contributed by atoms with van der Waals surface area (Å²) in [7, 11) is 0. The molecule has 32 heavy (non-hydrogen) atoms. The second-order valence-electron chi connectivity index (χ2n) is 8.94. The lowest BCUT2D eigenvalue weighted by atomic mass is 10.1. The Hall–Kier alpha value is -2.51. The molecule has 1 aromatic heterocycles. The van der Waals surface area contributed by atoms with Crippen molar-refractivity contribution in [2.24, 2.45) is 0 Å². The predicted octanol–water partition coefficient (Wildman–Crippen LogP) is 3.04. The summed E-state index contributed by atoms with van der Waals surface area (Å²) >= 11 is 0. The van der Waals surface area contributed by atoms with E-state index in [0.29, 0.717) is 19.2 Å². The van der Waals surface area contributed by atoms with Gasteiger partial charge in [0.25, 0.3) is 0 Å². The largest absolute Gasteiger partial charge is 0.493 e. The Labute approximate surface area is 191 Å². The molecule has 0 N–H and O–H groups in total. The number of hydrogen-bond acceptors (Lipinski definition) is 7. The molecule has 0 spiro atoms. The van der Waals surface area contributed by atoms with E-state index < -0.39 is 0 Å². The number of Topliss-reactive ketones (excluding diaryl/α,β-unsaturated/α-hetero) is 1. The summed E-state index contributed by atoms with van der Waals surface area (Å²) in [4.78, 5) is 28.4. The zero-order valence-electron chi connectivity index (χ0n) is 19.4. The smallest absolute Gasteiger partial charge is 0.225 e. The second kappa shape index (κ2) is 10.9. The lowest BCUT2D eigenvalue weighted by Crippen LogP contribution is -2.48. The maximum Gasteiger partial charge on any atom is 0.225 e. The van der Waals surface area contributed by atoms with E-state index >= 15 is 0 Å². The molecule has 4 rings (SSSR count). The third-order valence-corrected chi connectivity index (χ3v) is 6.61. The summed E-state index contributed by atoms with van der Waals surface area (Å²) < 4.78 is 6.00. The van der Waals surface area contributed by atoms with Crippen LogP contribution in [0.2, 0.25) is 0 Å². The van der Waals surface area contributed by atoms with Gasteiger partial charge in [0.05, 0.1) is 13.2 Å². The molecule has 7 nitrogen and oxygen atoms in total. The first-order valence-corrected chi connectivity index (χ1v) is 11.8. The number of carbonyl (C=O) groups is 1. The van der Waals surface area contributed by atoms with E-state index in [1.165, 1.54) is 19.4 Å². The van der Waals surface area contributed by atoms with Crippen molar-refractivity contribution < 1.29 is 9.53 Å². The Kier molecular flexibility index (Phi) is 7.71. The molecule has 0 amide bonds. The molecule has 2 aliphatic heterocycles. The first-order chi connectivity index (χ1) is 15.6. The van der Waals surface area contributed by atoms with Crippen molar-refractivity contribution in [3.8, 4) is 5.75 Å². The van der Waals surface area contributed by atoms with Crippen LogP contribution < -0.4 is 9.64 Å². The van der Waals surface area contributed by atoms with Crippen LogP contribution in [0.4, 0.5) is 5.95 Å².